The first-order chi connectivity index (χ1) is 26.2. The molecule has 3 saturated carbocycles. The molecule has 0 spiro atoms. The van der Waals surface area contributed by atoms with Crippen molar-refractivity contribution >= 4 is 39.5 Å². The number of benzene rings is 2. The lowest BCUT2D eigenvalue weighted by atomic mass is 9.93. The zero-order valence-corrected chi connectivity index (χ0v) is 32.0. The quantitative estimate of drug-likeness (QED) is 0.292. The molecule has 1 heterocycles. The van der Waals surface area contributed by atoms with Crippen LogP contribution in [-0.2, 0) is 34.0 Å². The molecular formula is C40H47N5O9S. The van der Waals surface area contributed by atoms with E-state index < -0.39 is 74.1 Å². The van der Waals surface area contributed by atoms with Crippen molar-refractivity contribution in [3.63, 3.8) is 0 Å². The summed E-state index contributed by atoms with van der Waals surface area (Å²) in [4.78, 5) is 61.6. The van der Waals surface area contributed by atoms with Crippen LogP contribution in [0.3, 0.4) is 0 Å². The van der Waals surface area contributed by atoms with E-state index in [2.05, 4.69) is 27.2 Å². The number of allylic oxidation sites excluding steroid dienone is 1. The summed E-state index contributed by atoms with van der Waals surface area (Å²) >= 11 is 0. The van der Waals surface area contributed by atoms with E-state index in [0.717, 1.165) is 22.3 Å². The Morgan fingerprint density at radius 1 is 1.04 bits per heavy atom. The molecule has 4 aliphatic carbocycles. The van der Waals surface area contributed by atoms with Crippen LogP contribution in [0.2, 0.25) is 0 Å². The van der Waals surface area contributed by atoms with Gasteiger partial charge in [-0.3, -0.25) is 24.1 Å². The molecule has 0 saturated heterocycles. The van der Waals surface area contributed by atoms with E-state index in [1.54, 1.807) is 20.8 Å². The summed E-state index contributed by atoms with van der Waals surface area (Å²) in [6, 6.07) is 13.6. The predicted octanol–water partition coefficient (Wildman–Crippen LogP) is 4.50. The molecule has 3 N–H and O–H groups in total. The third-order valence-corrected chi connectivity index (χ3v) is 12.4. The maximum absolute atomic E-state index is 14.5. The molecule has 2 aromatic carbocycles. The van der Waals surface area contributed by atoms with Crippen molar-refractivity contribution in [2.24, 2.45) is 22.9 Å². The molecule has 4 amide bonds. The average Bonchev–Trinajstić information content (AvgIpc) is 4.04. The highest BCUT2D eigenvalue weighted by atomic mass is 32.2. The first-order valence-corrected chi connectivity index (χ1v) is 20.3. The lowest BCUT2D eigenvalue weighted by Crippen LogP contribution is -2.55. The Morgan fingerprint density at radius 3 is 2.49 bits per heavy atom. The molecule has 7 rings (SSSR count). The Kier molecular flexibility index (Phi) is 10.3. The number of carbonyl (C=O) groups excluding carboxylic acids is 4. The third-order valence-electron chi connectivity index (χ3n) is 10.6. The topological polar surface area (TPSA) is 182 Å². The fraction of sp³-hybridized carbons (Fsp3) is 0.475. The average molecular weight is 774 g/mol. The smallest absolute Gasteiger partial charge is 0.426 e. The number of nitrogens with zero attached hydrogens (tertiary/aromatic N) is 2. The number of sulfonamides is 1. The number of hydrazine groups is 1. The second-order valence-electron chi connectivity index (χ2n) is 15.8. The Bertz CT molecular complexity index is 2070. The highest BCUT2D eigenvalue weighted by molar-refractivity contribution is 7.91. The molecule has 14 nitrogen and oxygen atoms in total. The largest absolute Gasteiger partial charge is 0.490 e. The molecule has 2 aromatic rings. The van der Waals surface area contributed by atoms with E-state index in [1.165, 1.54) is 11.1 Å². The summed E-state index contributed by atoms with van der Waals surface area (Å²) in [5.41, 5.74) is 4.40. The summed E-state index contributed by atoms with van der Waals surface area (Å²) in [5, 5.41) is 8.00. The molecule has 0 aromatic heterocycles. The Morgan fingerprint density at radius 2 is 1.78 bits per heavy atom. The van der Waals surface area contributed by atoms with Crippen molar-refractivity contribution in [3.8, 4) is 16.9 Å². The second-order valence-corrected chi connectivity index (χ2v) is 17.8. The molecule has 5 aliphatic rings. The highest BCUT2D eigenvalue weighted by Gasteiger charge is 2.62. The number of nitrogens with one attached hydrogen (secondary N) is 3. The van der Waals surface area contributed by atoms with Crippen molar-refractivity contribution in [2.75, 3.05) is 13.2 Å². The number of ether oxygens (including phenoxy) is 2. The number of rotatable bonds is 7. The van der Waals surface area contributed by atoms with Crippen LogP contribution < -0.4 is 20.2 Å². The van der Waals surface area contributed by atoms with Gasteiger partial charge in [-0.15, -0.1) is 6.58 Å². The summed E-state index contributed by atoms with van der Waals surface area (Å²) < 4.78 is 39.1. The normalized spacial score (nSPS) is 26.2. The maximum Gasteiger partial charge on any atom is 0.426 e. The van der Waals surface area contributed by atoms with Gasteiger partial charge in [0.2, 0.25) is 21.8 Å². The molecular weight excluding hydrogens is 727 g/mol. The molecule has 15 heteroatoms. The van der Waals surface area contributed by atoms with Gasteiger partial charge in [-0.25, -0.2) is 18.6 Å². The lowest BCUT2D eigenvalue weighted by Gasteiger charge is -2.30. The van der Waals surface area contributed by atoms with Crippen LogP contribution in [0.5, 0.6) is 5.75 Å². The minimum absolute atomic E-state index is 0.0521. The van der Waals surface area contributed by atoms with Gasteiger partial charge < -0.3 is 19.6 Å². The van der Waals surface area contributed by atoms with E-state index in [-0.39, 0.29) is 25.8 Å². The molecule has 0 radical (unpaired) electrons. The molecule has 292 valence electrons. The zero-order valence-electron chi connectivity index (χ0n) is 31.2. The number of fused-ring (bicyclic) bond motifs is 6. The molecule has 0 unspecified atom stereocenters. The monoisotopic (exact) mass is 773 g/mol. The zero-order chi connectivity index (χ0) is 39.1. The minimum atomic E-state index is -3.90. The van der Waals surface area contributed by atoms with E-state index >= 15 is 0 Å². The number of carbonyl (C=O) groups is 4. The molecule has 4 bridgehead atoms. The van der Waals surface area contributed by atoms with E-state index in [9.17, 15) is 27.6 Å². The van der Waals surface area contributed by atoms with Gasteiger partial charge in [0.1, 0.15) is 35.3 Å². The van der Waals surface area contributed by atoms with Crippen molar-refractivity contribution < 1.29 is 41.9 Å². The summed E-state index contributed by atoms with van der Waals surface area (Å²) in [5.74, 6) is -3.89. The SMILES string of the molecule is C=C[C@@H]1C[C@]1(NC(=O)[C@@H]1C[C@@H]2C[C@H]1C(=O)N(NC(=O)OC(C)(C)C)CCCC=CCOc1ccc3c(c1)C(=NO2)c1ccccc1-3)C(=O)NS(=O)(=O)C1CC1. The van der Waals surface area contributed by atoms with Crippen LogP contribution in [0, 0.1) is 17.8 Å². The number of oxime groups is 1. The number of hydrogen-bond donors (Lipinski definition) is 3. The Hall–Kier alpha value is -5.18. The van der Waals surface area contributed by atoms with Gasteiger partial charge >= 0.3 is 6.09 Å². The van der Waals surface area contributed by atoms with Crippen LogP contribution in [-0.4, -0.2) is 78.6 Å². The standard InChI is InChI=1S/C40H47N5O9S/c1-5-24-23-40(24,37(48)44-55(50,51)27-15-16-27)41-35(46)32-21-26-22-33(32)36(47)45(42-38(49)53-39(2,3)4)18-10-6-7-11-19-52-25-14-17-29-28-12-8-9-13-30(28)34(43-54-26)31(29)20-25/h5,7-9,11-14,17,20,24,26-27,32-33H,1,6,10,15-16,18-19,21-23H2,2-4H3,(H,41,46)(H,42,49)(H,44,48)/t24-,26-,32-,33-,40-/m1/s1. The van der Waals surface area contributed by atoms with E-state index in [4.69, 9.17) is 14.3 Å². The second kappa shape index (κ2) is 14.8. The maximum atomic E-state index is 14.5. The fourth-order valence-electron chi connectivity index (χ4n) is 7.54. The van der Waals surface area contributed by atoms with Gasteiger partial charge in [-0.2, -0.15) is 0 Å². The van der Waals surface area contributed by atoms with Gasteiger partial charge in [0.05, 0.1) is 17.1 Å². The first kappa shape index (κ1) is 38.1. The van der Waals surface area contributed by atoms with Crippen LogP contribution in [0.1, 0.15) is 76.8 Å². The van der Waals surface area contributed by atoms with Gasteiger partial charge in [0.25, 0.3) is 5.91 Å². The highest BCUT2D eigenvalue weighted by Crippen LogP contribution is 2.47. The summed E-state index contributed by atoms with van der Waals surface area (Å²) in [6.45, 7) is 9.32. The van der Waals surface area contributed by atoms with Crippen LogP contribution in [0.4, 0.5) is 4.79 Å². The minimum Gasteiger partial charge on any atom is -0.490 e. The van der Waals surface area contributed by atoms with Gasteiger partial charge in [-0.1, -0.05) is 47.6 Å². The van der Waals surface area contributed by atoms with Crippen molar-refractivity contribution in [1.29, 1.82) is 0 Å². The Labute approximate surface area is 320 Å². The van der Waals surface area contributed by atoms with Crippen molar-refractivity contribution in [2.45, 2.75) is 88.2 Å². The van der Waals surface area contributed by atoms with Gasteiger partial charge in [0.15, 0.2) is 0 Å². The van der Waals surface area contributed by atoms with Crippen LogP contribution >= 0.6 is 0 Å². The molecule has 1 aliphatic heterocycles. The van der Waals surface area contributed by atoms with Gasteiger partial charge in [0, 0.05) is 23.6 Å². The van der Waals surface area contributed by atoms with Crippen molar-refractivity contribution in [1.82, 2.24) is 20.5 Å². The number of hydrogen-bond acceptors (Lipinski definition) is 10. The first-order valence-electron chi connectivity index (χ1n) is 18.8. The van der Waals surface area contributed by atoms with Crippen LogP contribution in [0.15, 0.2) is 72.4 Å². The predicted molar refractivity (Wildman–Crippen MR) is 203 cm³/mol. The molecule has 3 fully saturated rings. The molecule has 5 atom stereocenters. The third kappa shape index (κ3) is 8.12. The summed E-state index contributed by atoms with van der Waals surface area (Å²) in [6.07, 6.45) is 5.99. The van der Waals surface area contributed by atoms with Crippen LogP contribution in [0.25, 0.3) is 11.1 Å². The van der Waals surface area contributed by atoms with Crippen molar-refractivity contribution in [3.05, 3.63) is 78.4 Å². The van der Waals surface area contributed by atoms with E-state index in [0.29, 0.717) is 43.8 Å². The lowest BCUT2D eigenvalue weighted by molar-refractivity contribution is -0.144. The summed E-state index contributed by atoms with van der Waals surface area (Å²) in [7, 11) is -3.90. The Balaban J connectivity index is 1.21. The van der Waals surface area contributed by atoms with E-state index in [1.807, 2.05) is 54.6 Å². The number of amides is 4. The fourth-order valence-corrected chi connectivity index (χ4v) is 8.90. The molecule has 55 heavy (non-hydrogen) atoms. The van der Waals surface area contributed by atoms with Gasteiger partial charge in [-0.05, 0) is 95.0 Å².